The summed E-state index contributed by atoms with van der Waals surface area (Å²) >= 11 is 0. The highest BCUT2D eigenvalue weighted by Gasteiger charge is 2.41. The summed E-state index contributed by atoms with van der Waals surface area (Å²) in [5.74, 6) is -1.29. The Morgan fingerprint density at radius 1 is 1.05 bits per heavy atom. The van der Waals surface area contributed by atoms with Crippen LogP contribution in [0.25, 0.3) is 0 Å². The number of alkyl carbamates (subject to hydrolysis) is 1. The van der Waals surface area contributed by atoms with Crippen LogP contribution in [0.2, 0.25) is 0 Å². The Labute approximate surface area is 227 Å². The number of benzene rings is 2. The summed E-state index contributed by atoms with van der Waals surface area (Å²) in [5.41, 5.74) is 8.24. The predicted octanol–water partition coefficient (Wildman–Crippen LogP) is 2.53. The molecular formula is C29H32N6O4. The fourth-order valence-electron chi connectivity index (χ4n) is 4.85. The molecule has 0 saturated carbocycles. The highest BCUT2D eigenvalue weighted by atomic mass is 16.5. The molecule has 0 spiro atoms. The first-order valence-corrected chi connectivity index (χ1v) is 12.7. The first kappa shape index (κ1) is 27.3. The summed E-state index contributed by atoms with van der Waals surface area (Å²) in [6, 6.07) is 20.6. The summed E-state index contributed by atoms with van der Waals surface area (Å²) in [6.45, 7) is 0.602. The monoisotopic (exact) mass is 528 g/mol. The summed E-state index contributed by atoms with van der Waals surface area (Å²) in [4.78, 5) is 45.4. The smallest absolute Gasteiger partial charge is 0.407 e. The molecular weight excluding hydrogens is 496 g/mol. The van der Waals surface area contributed by atoms with Gasteiger partial charge in [0, 0.05) is 25.2 Å². The van der Waals surface area contributed by atoms with Crippen molar-refractivity contribution in [3.05, 3.63) is 101 Å². The molecule has 0 radical (unpaired) electrons. The minimum absolute atomic E-state index is 0.134. The maximum atomic E-state index is 14.1. The van der Waals surface area contributed by atoms with E-state index in [1.807, 2.05) is 60.7 Å². The molecule has 0 aliphatic carbocycles. The Kier molecular flexibility index (Phi) is 8.88. The Morgan fingerprint density at radius 2 is 1.69 bits per heavy atom. The molecule has 3 amide bonds. The minimum Gasteiger partial charge on any atom is -0.453 e. The molecule has 2 heterocycles. The van der Waals surface area contributed by atoms with E-state index in [1.54, 1.807) is 23.2 Å². The zero-order chi connectivity index (χ0) is 27.8. The summed E-state index contributed by atoms with van der Waals surface area (Å²) in [6.07, 6.45) is 1.98. The third-order valence-electron chi connectivity index (χ3n) is 6.78. The van der Waals surface area contributed by atoms with Crippen molar-refractivity contribution in [2.45, 2.75) is 37.4 Å². The van der Waals surface area contributed by atoms with Crippen LogP contribution in [0.3, 0.4) is 0 Å². The zero-order valence-corrected chi connectivity index (χ0v) is 21.7. The van der Waals surface area contributed by atoms with Gasteiger partial charge in [0.05, 0.1) is 7.11 Å². The van der Waals surface area contributed by atoms with E-state index in [-0.39, 0.29) is 24.2 Å². The fraction of sp³-hybridized carbons (Fsp3) is 0.276. The Morgan fingerprint density at radius 3 is 2.23 bits per heavy atom. The fourth-order valence-corrected chi connectivity index (χ4v) is 4.85. The molecule has 202 valence electrons. The number of hydrogen-bond acceptors (Lipinski definition) is 6. The number of nitrogen functional groups attached to an aromatic ring is 1. The standard InChI is InChI=1S/C29H32N6O4/c1-39-29(38)34-25(24(20-9-4-2-5-10-20)21-11-6-3-7-12-21)28(37)35-16-8-13-23(35)27(36)33-18-19-14-15-22(26(30)31)32-17-19/h2-7,9-12,14-15,17,23-25H,8,13,16,18H2,1H3,(H3,30,31)(H,33,36)(H,34,38)/t23-,25+/m0/s1. The number of amidine groups is 1. The van der Waals surface area contributed by atoms with Gasteiger partial charge in [-0.05, 0) is 35.6 Å². The Bertz CT molecular complexity index is 1260. The molecule has 10 heteroatoms. The van der Waals surface area contributed by atoms with Crippen molar-refractivity contribution < 1.29 is 19.1 Å². The van der Waals surface area contributed by atoms with E-state index in [4.69, 9.17) is 15.9 Å². The van der Waals surface area contributed by atoms with E-state index in [1.165, 1.54) is 7.11 Å². The van der Waals surface area contributed by atoms with E-state index in [9.17, 15) is 14.4 Å². The van der Waals surface area contributed by atoms with Crippen LogP contribution in [-0.4, -0.2) is 59.4 Å². The van der Waals surface area contributed by atoms with Crippen LogP contribution < -0.4 is 16.4 Å². The average molecular weight is 529 g/mol. The molecule has 1 saturated heterocycles. The van der Waals surface area contributed by atoms with E-state index >= 15 is 0 Å². The van der Waals surface area contributed by atoms with Gasteiger partial charge in [-0.1, -0.05) is 66.7 Å². The number of carbonyl (C=O) groups is 3. The first-order valence-electron chi connectivity index (χ1n) is 12.7. The van der Waals surface area contributed by atoms with Crippen molar-refractivity contribution in [1.29, 1.82) is 5.41 Å². The van der Waals surface area contributed by atoms with Crippen LogP contribution in [0.5, 0.6) is 0 Å². The van der Waals surface area contributed by atoms with Gasteiger partial charge in [-0.3, -0.25) is 20.0 Å². The van der Waals surface area contributed by atoms with Crippen molar-refractivity contribution in [2.75, 3.05) is 13.7 Å². The number of carbonyl (C=O) groups excluding carboxylic acids is 3. The number of amides is 3. The lowest BCUT2D eigenvalue weighted by Gasteiger charge is -2.33. The second kappa shape index (κ2) is 12.7. The van der Waals surface area contributed by atoms with Crippen molar-refractivity contribution in [3.63, 3.8) is 0 Å². The largest absolute Gasteiger partial charge is 0.453 e. The van der Waals surface area contributed by atoms with Crippen LogP contribution in [0.15, 0.2) is 79.0 Å². The van der Waals surface area contributed by atoms with Gasteiger partial charge in [0.25, 0.3) is 0 Å². The molecule has 4 rings (SSSR count). The average Bonchev–Trinajstić information content (AvgIpc) is 3.47. The van der Waals surface area contributed by atoms with Gasteiger partial charge in [0.1, 0.15) is 23.6 Å². The maximum Gasteiger partial charge on any atom is 0.407 e. The van der Waals surface area contributed by atoms with Gasteiger partial charge >= 0.3 is 6.09 Å². The van der Waals surface area contributed by atoms with Crippen LogP contribution in [0.4, 0.5) is 4.79 Å². The molecule has 2 aromatic carbocycles. The van der Waals surface area contributed by atoms with E-state index in [2.05, 4.69) is 15.6 Å². The number of likely N-dealkylation sites (tertiary alicyclic amines) is 1. The van der Waals surface area contributed by atoms with E-state index in [0.29, 0.717) is 25.1 Å². The highest BCUT2D eigenvalue weighted by molar-refractivity contribution is 5.93. The van der Waals surface area contributed by atoms with Crippen molar-refractivity contribution in [2.24, 2.45) is 5.73 Å². The number of nitrogens with two attached hydrogens (primary N) is 1. The molecule has 10 nitrogen and oxygen atoms in total. The second-order valence-corrected chi connectivity index (χ2v) is 9.29. The number of ether oxygens (including phenoxy) is 1. The molecule has 1 aliphatic heterocycles. The van der Waals surface area contributed by atoms with Crippen LogP contribution in [-0.2, 0) is 20.9 Å². The molecule has 5 N–H and O–H groups in total. The van der Waals surface area contributed by atoms with Crippen LogP contribution in [0, 0.1) is 5.41 Å². The Hall–Kier alpha value is -4.73. The van der Waals surface area contributed by atoms with E-state index in [0.717, 1.165) is 16.7 Å². The summed E-state index contributed by atoms with van der Waals surface area (Å²) < 4.78 is 4.87. The third-order valence-corrected chi connectivity index (χ3v) is 6.78. The summed E-state index contributed by atoms with van der Waals surface area (Å²) in [5, 5.41) is 13.1. The molecule has 39 heavy (non-hydrogen) atoms. The lowest BCUT2D eigenvalue weighted by molar-refractivity contribution is -0.140. The SMILES string of the molecule is COC(=O)N[C@@H](C(=O)N1CCC[C@H]1C(=O)NCc1ccc(C(=N)N)nc1)C(c1ccccc1)c1ccccc1. The van der Waals surface area contributed by atoms with Crippen molar-refractivity contribution in [3.8, 4) is 0 Å². The zero-order valence-electron chi connectivity index (χ0n) is 21.7. The second-order valence-electron chi connectivity index (χ2n) is 9.29. The molecule has 1 aliphatic rings. The lowest BCUT2D eigenvalue weighted by Crippen LogP contribution is -2.55. The molecule has 1 aromatic heterocycles. The molecule has 1 fully saturated rings. The summed E-state index contributed by atoms with van der Waals surface area (Å²) in [7, 11) is 1.25. The number of aromatic nitrogens is 1. The van der Waals surface area contributed by atoms with E-state index < -0.39 is 24.1 Å². The first-order chi connectivity index (χ1) is 18.9. The van der Waals surface area contributed by atoms with Gasteiger partial charge in [-0.2, -0.15) is 0 Å². The van der Waals surface area contributed by atoms with Crippen LogP contribution in [0.1, 0.15) is 41.1 Å². The number of nitrogens with one attached hydrogen (secondary N) is 3. The lowest BCUT2D eigenvalue weighted by atomic mass is 9.84. The van der Waals surface area contributed by atoms with Gasteiger partial charge < -0.3 is 26.0 Å². The molecule has 0 bridgehead atoms. The Balaban J connectivity index is 1.57. The third kappa shape index (κ3) is 6.59. The molecule has 0 unspecified atom stereocenters. The van der Waals surface area contributed by atoms with Crippen LogP contribution >= 0.6 is 0 Å². The quantitative estimate of drug-likeness (QED) is 0.248. The molecule has 3 aromatic rings. The maximum absolute atomic E-state index is 14.1. The van der Waals surface area contributed by atoms with Crippen molar-refractivity contribution in [1.82, 2.24) is 20.5 Å². The number of hydrogen-bond donors (Lipinski definition) is 4. The number of rotatable bonds is 9. The normalized spacial score (nSPS) is 15.4. The van der Waals surface area contributed by atoms with Gasteiger partial charge in [-0.15, -0.1) is 0 Å². The number of nitrogens with zero attached hydrogens (tertiary/aromatic N) is 2. The predicted molar refractivity (Wildman–Crippen MR) is 146 cm³/mol. The number of methoxy groups -OCH3 is 1. The van der Waals surface area contributed by atoms with Gasteiger partial charge in [0.2, 0.25) is 11.8 Å². The topological polar surface area (TPSA) is 150 Å². The molecule has 2 atom stereocenters. The highest BCUT2D eigenvalue weighted by Crippen LogP contribution is 2.31. The van der Waals surface area contributed by atoms with Gasteiger partial charge in [0.15, 0.2) is 0 Å². The minimum atomic E-state index is -1.00. The number of pyridine rings is 1. The van der Waals surface area contributed by atoms with Crippen molar-refractivity contribution >= 4 is 23.7 Å². The van der Waals surface area contributed by atoms with Gasteiger partial charge in [-0.25, -0.2) is 4.79 Å².